The molecule has 8 rings (SSSR count). The molecule has 2 amide bonds. The van der Waals surface area contributed by atoms with Crippen LogP contribution in [0.4, 0.5) is 16.2 Å². The highest BCUT2D eigenvalue weighted by Gasteiger charge is 2.49. The molecule has 3 aliphatic rings. The summed E-state index contributed by atoms with van der Waals surface area (Å²) < 4.78 is 42.4. The lowest BCUT2D eigenvalue weighted by Crippen LogP contribution is -2.52. The summed E-state index contributed by atoms with van der Waals surface area (Å²) in [6, 6.07) is 36.4. The second-order valence-corrected chi connectivity index (χ2v) is 13.7. The van der Waals surface area contributed by atoms with Gasteiger partial charge in [-0.1, -0.05) is 78.9 Å². The Hall–Kier alpha value is -5.42. The first-order valence-electron chi connectivity index (χ1n) is 17.2. The maximum atomic E-state index is 14.4. The van der Waals surface area contributed by atoms with Crippen molar-refractivity contribution in [1.82, 2.24) is 4.90 Å². The molecule has 5 aromatic rings. The van der Waals surface area contributed by atoms with Crippen molar-refractivity contribution in [2.45, 2.75) is 37.4 Å². The Morgan fingerprint density at radius 2 is 1.47 bits per heavy atom. The van der Waals surface area contributed by atoms with E-state index in [4.69, 9.17) is 28.5 Å². The van der Waals surface area contributed by atoms with Gasteiger partial charge in [-0.2, -0.15) is 0 Å². The minimum Gasteiger partial charge on any atom is -0.497 e. The van der Waals surface area contributed by atoms with E-state index in [9.17, 15) is 14.3 Å². The number of amides is 2. The summed E-state index contributed by atoms with van der Waals surface area (Å²) in [5.74, 6) is 1.90. The highest BCUT2D eigenvalue weighted by atomic mass is 31.1. The number of ether oxygens (including phenoxy) is 4. The Bertz CT molecular complexity index is 2190. The lowest BCUT2D eigenvalue weighted by Gasteiger charge is -2.39. The fourth-order valence-corrected chi connectivity index (χ4v) is 7.94. The van der Waals surface area contributed by atoms with E-state index in [1.807, 2.05) is 122 Å². The van der Waals surface area contributed by atoms with Gasteiger partial charge in [0, 0.05) is 28.1 Å². The van der Waals surface area contributed by atoms with E-state index in [1.54, 1.807) is 25.3 Å². The topological polar surface area (TPSA) is 119 Å². The molecule has 53 heavy (non-hydrogen) atoms. The number of urea groups is 1. The first kappa shape index (κ1) is 34.7. The summed E-state index contributed by atoms with van der Waals surface area (Å²) in [6.07, 6.45) is -0.713. The molecule has 1 N–H and O–H groups in total. The summed E-state index contributed by atoms with van der Waals surface area (Å²) in [6.45, 7) is 1.83. The van der Waals surface area contributed by atoms with Crippen LogP contribution in [0, 0.1) is 0 Å². The lowest BCUT2D eigenvalue weighted by molar-refractivity contribution is -0.0945. The van der Waals surface area contributed by atoms with E-state index in [-0.39, 0.29) is 19.1 Å². The van der Waals surface area contributed by atoms with Crippen LogP contribution in [-0.4, -0.2) is 60.9 Å². The number of carbonyl (C=O) groups excluding carboxylic acids is 1. The number of aliphatic imine (C=N–C) groups is 1. The zero-order chi connectivity index (χ0) is 36.7. The molecular weight excluding hydrogens is 693 g/mol. The Morgan fingerprint density at radius 1 is 0.849 bits per heavy atom. The zero-order valence-electron chi connectivity index (χ0n) is 29.3. The monoisotopic (exact) mass is 730 g/mol. The van der Waals surface area contributed by atoms with Gasteiger partial charge in [-0.05, 0) is 65.4 Å². The number of fused-ring (bicyclic) bond motifs is 2. The Balaban J connectivity index is 1.15. The molecule has 0 bridgehead atoms. The van der Waals surface area contributed by atoms with Crippen molar-refractivity contribution in [3.05, 3.63) is 144 Å². The predicted molar refractivity (Wildman–Crippen MR) is 201 cm³/mol. The van der Waals surface area contributed by atoms with Crippen molar-refractivity contribution in [3.63, 3.8) is 0 Å². The van der Waals surface area contributed by atoms with Gasteiger partial charge < -0.3 is 18.9 Å². The number of hydrogen-bond acceptors (Lipinski definition) is 8. The Morgan fingerprint density at radius 3 is 2.09 bits per heavy atom. The minimum absolute atomic E-state index is 0.0644. The van der Waals surface area contributed by atoms with Crippen molar-refractivity contribution >= 4 is 42.3 Å². The number of carbonyl (C=O) groups is 1. The fourth-order valence-electron chi connectivity index (χ4n) is 7.49. The average molecular weight is 731 g/mol. The maximum absolute atomic E-state index is 14.4. The third-order valence-corrected chi connectivity index (χ3v) is 10.4. The molecule has 11 nitrogen and oxygen atoms in total. The third-order valence-electron chi connectivity index (χ3n) is 9.99. The van der Waals surface area contributed by atoms with Gasteiger partial charge in [0.05, 0.1) is 32.2 Å². The molecule has 12 heteroatoms. The van der Waals surface area contributed by atoms with Crippen LogP contribution in [-0.2, 0) is 24.2 Å². The van der Waals surface area contributed by atoms with Crippen molar-refractivity contribution in [1.29, 1.82) is 0 Å². The van der Waals surface area contributed by atoms with Crippen molar-refractivity contribution in [2.75, 3.05) is 25.7 Å². The van der Waals surface area contributed by atoms with Gasteiger partial charge in [-0.25, -0.2) is 14.7 Å². The first-order valence-corrected chi connectivity index (χ1v) is 18.3. The SMILES string of the molecule is COc1ccc(C(OC[C@H]2O[C@@H](N3C=C(C)C4=Nc5cccc6cccc(c56)N4C3=O)C[C@@H]2O[P+](=O)O)(c2ccccc2)c2ccc(OC)cc2)cc1. The zero-order valence-corrected chi connectivity index (χ0v) is 30.2. The van der Waals surface area contributed by atoms with E-state index in [0.29, 0.717) is 17.3 Å². The standard InChI is InChI=1S/C41H36N3O8P/c1-26-24-43(40(45)44-34-14-8-10-27-9-7-13-33(38(27)34)42-39(26)44)37-23-35(52-53(46)47)36(51-37)25-50-41(28-11-5-4-6-12-28,29-15-19-31(48-2)20-16-29)30-17-21-32(49-3)22-18-30/h4-22,24,35-37H,23,25H2,1-3H3/p+1/t35-,36+,37+/m0/s1. The van der Waals surface area contributed by atoms with Gasteiger partial charge >= 0.3 is 14.3 Å². The van der Waals surface area contributed by atoms with Crippen molar-refractivity contribution in [3.8, 4) is 11.5 Å². The Labute approximate surface area is 307 Å². The number of nitrogens with zero attached hydrogens (tertiary/aromatic N) is 3. The second kappa shape index (κ2) is 14.2. The fraction of sp³-hybridized carbons (Fsp3) is 0.220. The number of methoxy groups -OCH3 is 2. The van der Waals surface area contributed by atoms with Gasteiger partial charge in [-0.15, -0.1) is 9.42 Å². The smallest absolute Gasteiger partial charge is 0.497 e. The van der Waals surface area contributed by atoms with Crippen LogP contribution in [0.5, 0.6) is 11.5 Å². The highest BCUT2D eigenvalue weighted by molar-refractivity contribution is 7.32. The van der Waals surface area contributed by atoms with Crippen LogP contribution in [0.2, 0.25) is 0 Å². The van der Waals surface area contributed by atoms with E-state index in [0.717, 1.165) is 44.4 Å². The van der Waals surface area contributed by atoms with E-state index in [1.165, 1.54) is 4.90 Å². The van der Waals surface area contributed by atoms with E-state index < -0.39 is 32.3 Å². The normalized spacial score (nSPS) is 19.8. The van der Waals surface area contributed by atoms with Gasteiger partial charge in [-0.3, -0.25) is 4.90 Å². The summed E-state index contributed by atoms with van der Waals surface area (Å²) in [5, 5.41) is 1.85. The lowest BCUT2D eigenvalue weighted by atomic mass is 9.80. The largest absolute Gasteiger partial charge is 0.695 e. The molecule has 5 aromatic carbocycles. The van der Waals surface area contributed by atoms with Gasteiger partial charge in [0.2, 0.25) is 0 Å². The molecule has 1 fully saturated rings. The number of benzene rings is 5. The number of amidine groups is 1. The number of hydrogen-bond donors (Lipinski definition) is 1. The number of anilines is 1. The average Bonchev–Trinajstić information content (AvgIpc) is 3.58. The molecule has 1 saturated heterocycles. The quantitative estimate of drug-likeness (QED) is 0.107. The van der Waals surface area contributed by atoms with E-state index in [2.05, 4.69) is 0 Å². The molecule has 3 heterocycles. The summed E-state index contributed by atoms with van der Waals surface area (Å²) in [5.41, 5.74) is 3.57. The van der Waals surface area contributed by atoms with Crippen molar-refractivity contribution < 1.29 is 37.7 Å². The molecular formula is C41H37N3O8P+. The molecule has 3 aliphatic heterocycles. The predicted octanol–water partition coefficient (Wildman–Crippen LogP) is 8.21. The molecule has 4 atom stereocenters. The molecule has 0 radical (unpaired) electrons. The van der Waals surface area contributed by atoms with Crippen LogP contribution in [0.15, 0.2) is 132 Å². The van der Waals surface area contributed by atoms with Crippen molar-refractivity contribution in [2.24, 2.45) is 4.99 Å². The summed E-state index contributed by atoms with van der Waals surface area (Å²) in [4.78, 5) is 32.4. The van der Waals surface area contributed by atoms with Crippen LogP contribution < -0.4 is 14.4 Å². The van der Waals surface area contributed by atoms with Crippen LogP contribution in [0.3, 0.4) is 0 Å². The Kier molecular flexibility index (Phi) is 9.28. The molecule has 268 valence electrons. The maximum Gasteiger partial charge on any atom is 0.695 e. The van der Waals surface area contributed by atoms with Gasteiger partial charge in [0.25, 0.3) is 0 Å². The van der Waals surface area contributed by atoms with Crippen LogP contribution in [0.25, 0.3) is 10.8 Å². The van der Waals surface area contributed by atoms with Gasteiger partial charge in [0.15, 0.2) is 0 Å². The molecule has 0 aliphatic carbocycles. The molecule has 0 spiro atoms. The summed E-state index contributed by atoms with van der Waals surface area (Å²) >= 11 is 0. The molecule has 0 aromatic heterocycles. The molecule has 0 saturated carbocycles. The summed E-state index contributed by atoms with van der Waals surface area (Å²) in [7, 11) is 0.223. The van der Waals surface area contributed by atoms with E-state index >= 15 is 0 Å². The third kappa shape index (κ3) is 6.16. The molecule has 1 unspecified atom stereocenters. The second-order valence-electron chi connectivity index (χ2n) is 13.0. The van der Waals surface area contributed by atoms with Gasteiger partial charge in [0.1, 0.15) is 41.4 Å². The highest BCUT2D eigenvalue weighted by Crippen LogP contribution is 2.45. The minimum atomic E-state index is -3.00. The van der Waals surface area contributed by atoms with Crippen LogP contribution in [0.1, 0.15) is 30.0 Å². The number of rotatable bonds is 11. The van der Waals surface area contributed by atoms with Crippen LogP contribution >= 0.6 is 8.25 Å². The first-order chi connectivity index (χ1) is 25.8.